The molecule has 0 spiro atoms. The molecule has 6 heteroatoms. The Balaban J connectivity index is 0.000000104. The van der Waals surface area contributed by atoms with Crippen LogP contribution in [0.4, 0.5) is 0 Å². The highest BCUT2D eigenvalue weighted by molar-refractivity contribution is 6.25. The van der Waals surface area contributed by atoms with Gasteiger partial charge in [0.1, 0.15) is 0 Å². The van der Waals surface area contributed by atoms with Gasteiger partial charge in [-0.15, -0.1) is 0 Å². The van der Waals surface area contributed by atoms with Gasteiger partial charge < -0.3 is 27.4 Å². The number of fused-ring (bicyclic) bond motifs is 21. The van der Waals surface area contributed by atoms with Crippen molar-refractivity contribution in [3.63, 3.8) is 0 Å². The number of nitrogens with zero attached hydrogens (tertiary/aromatic N) is 6. The minimum atomic E-state index is 1.15. The van der Waals surface area contributed by atoms with Crippen LogP contribution in [0.2, 0.25) is 0 Å². The second kappa shape index (κ2) is 31.2. The zero-order valence-electron chi connectivity index (χ0n) is 72.0. The maximum Gasteiger partial charge on any atom is 0.0619 e. The second-order valence-corrected chi connectivity index (χ2v) is 34.5. The standard InChI is InChI=1S/C46H30N2.2C40H26N2/c1-2-12-31(13-3-1)33-24-27-35(28-25-33)48-42-21-8-6-16-37(42)39-19-10-20-40(46(39)48)38-18-11-23-44-45(38)41-17-7-9-22-43(41)47(44)36-29-26-32-14-4-5-15-34(32)30-36;2*1-2-14-29(15-3-1)41-37-22-9-7-17-35(37)39-32(18-11-23-38(39)41)34-20-10-19-33-31-16-6-8-21-36(31)42(40(33)34)30-25-24-27-12-4-5-13-28(27)26-30/h1-30H;2*1-26H. The topological polar surface area (TPSA) is 29.6 Å². The molecule has 0 atom stereocenters. The van der Waals surface area contributed by atoms with Crippen molar-refractivity contribution >= 4 is 163 Å². The fourth-order valence-corrected chi connectivity index (χ4v) is 21.6. The van der Waals surface area contributed by atoms with Gasteiger partial charge in [-0.2, -0.15) is 0 Å². The molecule has 6 heterocycles. The Labute approximate surface area is 761 Å². The van der Waals surface area contributed by atoms with Crippen molar-refractivity contribution in [2.45, 2.75) is 0 Å². The van der Waals surface area contributed by atoms with Gasteiger partial charge in [-0.3, -0.25) is 0 Å². The summed E-state index contributed by atoms with van der Waals surface area (Å²) in [4.78, 5) is 0. The summed E-state index contributed by atoms with van der Waals surface area (Å²) in [7, 11) is 0. The lowest BCUT2D eigenvalue weighted by Gasteiger charge is -2.14. The zero-order valence-corrected chi connectivity index (χ0v) is 72.0. The largest absolute Gasteiger partial charge is 0.309 e. The Morgan fingerprint density at radius 1 is 0.114 bits per heavy atom. The third-order valence-electron chi connectivity index (χ3n) is 27.3. The van der Waals surface area contributed by atoms with E-state index >= 15 is 0 Å². The minimum Gasteiger partial charge on any atom is -0.309 e. The molecule has 0 bridgehead atoms. The van der Waals surface area contributed by atoms with E-state index in [9.17, 15) is 0 Å². The van der Waals surface area contributed by atoms with Gasteiger partial charge in [0.05, 0.1) is 66.2 Å². The molecule has 0 aliphatic rings. The van der Waals surface area contributed by atoms with Gasteiger partial charge >= 0.3 is 0 Å². The molecule has 0 aliphatic carbocycles. The Hall–Kier alpha value is -17.6. The molecule has 22 aromatic carbocycles. The van der Waals surface area contributed by atoms with E-state index in [1.54, 1.807) is 0 Å². The molecule has 28 rings (SSSR count). The van der Waals surface area contributed by atoms with E-state index in [0.29, 0.717) is 0 Å². The highest BCUT2D eigenvalue weighted by Gasteiger charge is 2.27. The lowest BCUT2D eigenvalue weighted by Crippen LogP contribution is -1.96. The Morgan fingerprint density at radius 3 is 0.682 bits per heavy atom. The van der Waals surface area contributed by atoms with Crippen LogP contribution in [0.15, 0.2) is 497 Å². The van der Waals surface area contributed by atoms with Crippen LogP contribution in [0.25, 0.3) is 242 Å². The number of benzene rings is 22. The van der Waals surface area contributed by atoms with Crippen LogP contribution < -0.4 is 0 Å². The summed E-state index contributed by atoms with van der Waals surface area (Å²) in [5.41, 5.74) is 31.5. The molecule has 0 N–H and O–H groups in total. The highest BCUT2D eigenvalue weighted by Crippen LogP contribution is 2.49. The van der Waals surface area contributed by atoms with E-state index in [1.165, 1.54) is 236 Å². The fraction of sp³-hybridized carbons (Fsp3) is 0. The molecule has 616 valence electrons. The van der Waals surface area contributed by atoms with Gasteiger partial charge in [0.15, 0.2) is 0 Å². The first-order chi connectivity index (χ1) is 65.6. The van der Waals surface area contributed by atoms with E-state index in [4.69, 9.17) is 0 Å². The van der Waals surface area contributed by atoms with E-state index in [1.807, 2.05) is 0 Å². The van der Waals surface area contributed by atoms with Gasteiger partial charge in [0.2, 0.25) is 0 Å². The monoisotopic (exact) mass is 1680 g/mol. The summed E-state index contributed by atoms with van der Waals surface area (Å²) >= 11 is 0. The van der Waals surface area contributed by atoms with Gasteiger partial charge in [-0.05, 0) is 188 Å². The summed E-state index contributed by atoms with van der Waals surface area (Å²) < 4.78 is 14.6. The Morgan fingerprint density at radius 2 is 0.333 bits per heavy atom. The number of aromatic nitrogens is 6. The van der Waals surface area contributed by atoms with Crippen LogP contribution in [0.3, 0.4) is 0 Å². The lowest BCUT2D eigenvalue weighted by molar-refractivity contribution is 1.18. The zero-order chi connectivity index (χ0) is 86.9. The van der Waals surface area contributed by atoms with Gasteiger partial charge in [0, 0.05) is 115 Å². The Bertz CT molecular complexity index is 9120. The average Bonchev–Trinajstić information content (AvgIpc) is 1.56. The molecule has 0 radical (unpaired) electrons. The van der Waals surface area contributed by atoms with Crippen molar-refractivity contribution in [2.24, 2.45) is 0 Å². The van der Waals surface area contributed by atoms with Crippen LogP contribution in [0.5, 0.6) is 0 Å². The molecule has 0 unspecified atom stereocenters. The van der Waals surface area contributed by atoms with Crippen LogP contribution in [-0.2, 0) is 0 Å². The number of para-hydroxylation sites is 11. The normalized spacial score (nSPS) is 11.8. The molecule has 0 amide bonds. The van der Waals surface area contributed by atoms with Crippen molar-refractivity contribution in [1.29, 1.82) is 0 Å². The van der Waals surface area contributed by atoms with Crippen LogP contribution in [0.1, 0.15) is 0 Å². The summed E-state index contributed by atoms with van der Waals surface area (Å²) in [6, 6.07) is 181. The quantitative estimate of drug-likeness (QED) is 0.131. The summed E-state index contributed by atoms with van der Waals surface area (Å²) in [5, 5.41) is 22.6. The maximum atomic E-state index is 2.46. The first-order valence-corrected chi connectivity index (χ1v) is 45.5. The van der Waals surface area contributed by atoms with Crippen LogP contribution >= 0.6 is 0 Å². The van der Waals surface area contributed by atoms with Crippen molar-refractivity contribution in [1.82, 2.24) is 27.4 Å². The first-order valence-electron chi connectivity index (χ1n) is 45.5. The molecule has 0 saturated carbocycles. The van der Waals surface area contributed by atoms with E-state index in [2.05, 4.69) is 525 Å². The first kappa shape index (κ1) is 75.7. The molecule has 0 saturated heterocycles. The molecule has 0 fully saturated rings. The molecule has 132 heavy (non-hydrogen) atoms. The van der Waals surface area contributed by atoms with Crippen molar-refractivity contribution < 1.29 is 0 Å². The van der Waals surface area contributed by atoms with E-state index in [0.717, 1.165) is 5.69 Å². The molecular formula is C126H82N6. The van der Waals surface area contributed by atoms with Gasteiger partial charge in [0.25, 0.3) is 0 Å². The van der Waals surface area contributed by atoms with Gasteiger partial charge in [-0.25, -0.2) is 0 Å². The van der Waals surface area contributed by atoms with E-state index < -0.39 is 0 Å². The SMILES string of the molecule is c1ccc(-c2ccc(-n3c4ccccc4c4cccc(-c5cccc6c5c5ccccc5n6-c5ccc6ccccc6c5)c43)cc2)cc1.c1ccc(-n2c3ccccc3c3c(-c4cccc5c6ccccc6n(-c6ccc7ccccc7c6)c45)cccc32)cc1.c1ccc(-n2c3ccccc3c3c(-c4cccc5c6ccccc6n(-c6ccc7ccccc7c6)c45)cccc32)cc1. The minimum absolute atomic E-state index is 1.15. The molecular weight excluding hydrogens is 1600 g/mol. The number of hydrogen-bond donors (Lipinski definition) is 0. The summed E-state index contributed by atoms with van der Waals surface area (Å²) in [5.74, 6) is 0. The average molecular weight is 1680 g/mol. The molecule has 28 aromatic rings. The van der Waals surface area contributed by atoms with Crippen LogP contribution in [-0.4, -0.2) is 27.4 Å². The third kappa shape index (κ3) is 12.2. The van der Waals surface area contributed by atoms with Crippen molar-refractivity contribution in [2.75, 3.05) is 0 Å². The van der Waals surface area contributed by atoms with Crippen LogP contribution in [0, 0.1) is 0 Å². The second-order valence-electron chi connectivity index (χ2n) is 34.5. The number of hydrogen-bond acceptors (Lipinski definition) is 0. The van der Waals surface area contributed by atoms with Crippen molar-refractivity contribution in [3.05, 3.63) is 497 Å². The van der Waals surface area contributed by atoms with E-state index in [-0.39, 0.29) is 0 Å². The summed E-state index contributed by atoms with van der Waals surface area (Å²) in [6.45, 7) is 0. The molecule has 6 aromatic heterocycles. The Kier molecular flexibility index (Phi) is 17.9. The predicted octanol–water partition coefficient (Wildman–Crippen LogP) is 33.8. The third-order valence-corrected chi connectivity index (χ3v) is 27.3. The summed E-state index contributed by atoms with van der Waals surface area (Å²) in [6.07, 6.45) is 0. The number of rotatable bonds is 10. The predicted molar refractivity (Wildman–Crippen MR) is 560 cm³/mol. The fourth-order valence-electron chi connectivity index (χ4n) is 21.6. The molecule has 0 aliphatic heterocycles. The van der Waals surface area contributed by atoms with Crippen molar-refractivity contribution in [3.8, 4) is 78.6 Å². The smallest absolute Gasteiger partial charge is 0.0619 e. The lowest BCUT2D eigenvalue weighted by atomic mass is 9.97. The van der Waals surface area contributed by atoms with Gasteiger partial charge in [-0.1, -0.05) is 370 Å². The highest BCUT2D eigenvalue weighted by atomic mass is 15.0. The maximum absolute atomic E-state index is 2.46. The molecule has 6 nitrogen and oxygen atoms in total.